The number of halogens is 4. The molecule has 0 unspecified atom stereocenters. The van der Waals surface area contributed by atoms with Gasteiger partial charge in [0.2, 0.25) is 5.95 Å². The van der Waals surface area contributed by atoms with Crippen molar-refractivity contribution in [2.24, 2.45) is 0 Å². The molecular weight excluding hydrogens is 657 g/mol. The van der Waals surface area contributed by atoms with E-state index in [1.165, 1.54) is 48.8 Å². The summed E-state index contributed by atoms with van der Waals surface area (Å²) in [6, 6.07) is 14.3. The van der Waals surface area contributed by atoms with Crippen molar-refractivity contribution in [2.45, 2.75) is 23.9 Å². The van der Waals surface area contributed by atoms with Gasteiger partial charge in [-0.3, -0.25) is 9.59 Å². The molecule has 15 heteroatoms. The Morgan fingerprint density at radius 1 is 0.894 bits per heavy atom. The van der Waals surface area contributed by atoms with Crippen LogP contribution in [0.5, 0.6) is 0 Å². The Balaban J connectivity index is 1.16. The minimum atomic E-state index is -4.61. The number of benzene rings is 3. The number of alkyl halides is 3. The molecule has 0 radical (unpaired) electrons. The summed E-state index contributed by atoms with van der Waals surface area (Å²) < 4.78 is 64.5. The van der Waals surface area contributed by atoms with Gasteiger partial charge in [0.05, 0.1) is 44.9 Å². The topological polar surface area (TPSA) is 133 Å². The fraction of sp³-hybridized carbons (Fsp3) is 0.188. The molecule has 4 aromatic rings. The van der Waals surface area contributed by atoms with Gasteiger partial charge in [0.25, 0.3) is 11.8 Å². The summed E-state index contributed by atoms with van der Waals surface area (Å²) in [5.74, 6) is -1.22. The van der Waals surface area contributed by atoms with Crippen LogP contribution in [0.4, 0.5) is 36.2 Å². The Morgan fingerprint density at radius 3 is 2.28 bits per heavy atom. The largest absolute Gasteiger partial charge is 0.416 e. The van der Waals surface area contributed by atoms with E-state index >= 15 is 0 Å². The van der Waals surface area contributed by atoms with Crippen LogP contribution in [-0.4, -0.2) is 53.9 Å². The Labute approximate surface area is 273 Å². The maximum Gasteiger partial charge on any atom is 0.416 e. The second-order valence-electron chi connectivity index (χ2n) is 10.5. The average molecular weight is 685 g/mol. The first-order chi connectivity index (χ1) is 22.4. The Morgan fingerprint density at radius 2 is 1.60 bits per heavy atom. The van der Waals surface area contributed by atoms with Gasteiger partial charge in [-0.25, -0.2) is 18.4 Å². The molecule has 0 atom stereocenters. The minimum absolute atomic E-state index is 0.0152. The number of aromatic nitrogens is 2. The standard InChI is InChI=1S/C32H28ClF3N6O4S/c33-28-12-9-24(39-29(43)21-5-3-6-22(17-21)32(34,35)36)18-27(28)30(44)40-25-19-37-31(38-20-25)41-23-7-10-26(11-8-23)47(45,46)16-4-15-42-13-1-2-14-42/h1,3,5-13,17-20H,2,4,14-16H2,(H,39,43)(H,40,44)(H,37,38,41). The molecule has 244 valence electrons. The third-order valence-electron chi connectivity index (χ3n) is 7.06. The SMILES string of the molecule is O=C(Nc1ccc(Cl)c(C(=O)Nc2cnc(Nc3ccc(S(=O)(=O)CCCN4C=CCC4)cc3)nc2)c1)c1cccc(C(F)(F)F)c1. The average Bonchev–Trinajstić information content (AvgIpc) is 3.56. The summed E-state index contributed by atoms with van der Waals surface area (Å²) in [5.41, 5.74) is -0.284. The van der Waals surface area contributed by atoms with Gasteiger partial charge in [-0.15, -0.1) is 0 Å². The molecule has 2 heterocycles. The number of carbonyl (C=O) groups is 2. The zero-order valence-corrected chi connectivity index (χ0v) is 26.2. The first kappa shape index (κ1) is 33.4. The molecule has 3 N–H and O–H groups in total. The van der Waals surface area contributed by atoms with Crippen molar-refractivity contribution in [1.82, 2.24) is 14.9 Å². The molecule has 5 rings (SSSR count). The Bertz CT molecular complexity index is 1900. The second-order valence-corrected chi connectivity index (χ2v) is 13.0. The fourth-order valence-corrected chi connectivity index (χ4v) is 6.15. The number of sulfone groups is 1. The fourth-order valence-electron chi connectivity index (χ4n) is 4.65. The molecule has 0 bridgehead atoms. The van der Waals surface area contributed by atoms with E-state index in [1.54, 1.807) is 12.1 Å². The van der Waals surface area contributed by atoms with E-state index in [-0.39, 0.29) is 44.1 Å². The van der Waals surface area contributed by atoms with Crippen LogP contribution in [0.2, 0.25) is 5.02 Å². The summed E-state index contributed by atoms with van der Waals surface area (Å²) in [6.07, 6.45) is 3.64. The lowest BCUT2D eigenvalue weighted by Gasteiger charge is -2.15. The molecular formula is C32H28ClF3N6O4S. The van der Waals surface area contributed by atoms with Gasteiger partial charge >= 0.3 is 6.18 Å². The van der Waals surface area contributed by atoms with E-state index in [0.29, 0.717) is 18.7 Å². The summed E-state index contributed by atoms with van der Waals surface area (Å²) in [6.45, 7) is 1.60. The van der Waals surface area contributed by atoms with E-state index < -0.39 is 33.4 Å². The number of hydrogen-bond donors (Lipinski definition) is 3. The number of carbonyl (C=O) groups excluding carboxylic acids is 2. The van der Waals surface area contributed by atoms with E-state index in [4.69, 9.17) is 11.6 Å². The summed E-state index contributed by atoms with van der Waals surface area (Å²) in [5, 5.41) is 8.10. The molecule has 0 fully saturated rings. The molecule has 2 amide bonds. The van der Waals surface area contributed by atoms with Crippen LogP contribution in [0, 0.1) is 0 Å². The van der Waals surface area contributed by atoms with E-state index in [1.807, 2.05) is 6.20 Å². The maximum absolute atomic E-state index is 13.0. The summed E-state index contributed by atoms with van der Waals surface area (Å²) >= 11 is 6.21. The van der Waals surface area contributed by atoms with Crippen LogP contribution in [0.3, 0.4) is 0 Å². The second kappa shape index (κ2) is 14.2. The number of rotatable bonds is 11. The third-order valence-corrected chi connectivity index (χ3v) is 9.20. The van der Waals surface area contributed by atoms with Gasteiger partial charge < -0.3 is 20.9 Å². The third kappa shape index (κ3) is 8.86. The van der Waals surface area contributed by atoms with Gasteiger partial charge in [-0.05, 0) is 79.7 Å². The molecule has 1 aromatic heterocycles. The van der Waals surface area contributed by atoms with Crippen LogP contribution < -0.4 is 16.0 Å². The summed E-state index contributed by atoms with van der Waals surface area (Å²) in [7, 11) is -3.43. The lowest BCUT2D eigenvalue weighted by molar-refractivity contribution is -0.137. The van der Waals surface area contributed by atoms with Crippen LogP contribution in [-0.2, 0) is 16.0 Å². The van der Waals surface area contributed by atoms with Crippen LogP contribution in [0.1, 0.15) is 39.1 Å². The molecule has 47 heavy (non-hydrogen) atoms. The van der Waals surface area contributed by atoms with Crippen molar-refractivity contribution in [3.05, 3.63) is 113 Å². The van der Waals surface area contributed by atoms with Crippen LogP contribution in [0.25, 0.3) is 0 Å². The smallest absolute Gasteiger partial charge is 0.377 e. The molecule has 1 aliphatic rings. The highest BCUT2D eigenvalue weighted by Crippen LogP contribution is 2.30. The van der Waals surface area contributed by atoms with Crippen LogP contribution >= 0.6 is 11.6 Å². The normalized spacial score (nSPS) is 13.0. The lowest BCUT2D eigenvalue weighted by Crippen LogP contribution is -2.19. The molecule has 1 aliphatic heterocycles. The number of hydrogen-bond acceptors (Lipinski definition) is 8. The monoisotopic (exact) mass is 684 g/mol. The summed E-state index contributed by atoms with van der Waals surface area (Å²) in [4.78, 5) is 36.2. The maximum atomic E-state index is 13.0. The van der Waals surface area contributed by atoms with Crippen molar-refractivity contribution in [3.63, 3.8) is 0 Å². The van der Waals surface area contributed by atoms with Crippen LogP contribution in [0.15, 0.2) is 96.3 Å². The molecule has 0 aliphatic carbocycles. The number of nitrogens with zero attached hydrogens (tertiary/aromatic N) is 3. The lowest BCUT2D eigenvalue weighted by atomic mass is 10.1. The number of amides is 2. The predicted octanol–water partition coefficient (Wildman–Crippen LogP) is 6.78. The highest BCUT2D eigenvalue weighted by Gasteiger charge is 2.31. The van der Waals surface area contributed by atoms with E-state index in [9.17, 15) is 31.2 Å². The number of nitrogens with one attached hydrogen (secondary N) is 3. The highest BCUT2D eigenvalue weighted by molar-refractivity contribution is 7.91. The molecule has 10 nitrogen and oxygen atoms in total. The van der Waals surface area contributed by atoms with Crippen molar-refractivity contribution in [2.75, 3.05) is 34.8 Å². The van der Waals surface area contributed by atoms with Crippen molar-refractivity contribution >= 4 is 56.3 Å². The first-order valence-electron chi connectivity index (χ1n) is 14.3. The zero-order chi connectivity index (χ0) is 33.6. The zero-order valence-electron chi connectivity index (χ0n) is 24.6. The molecule has 0 saturated heterocycles. The van der Waals surface area contributed by atoms with Crippen molar-refractivity contribution < 1.29 is 31.2 Å². The van der Waals surface area contributed by atoms with Gasteiger partial charge in [0.1, 0.15) is 0 Å². The van der Waals surface area contributed by atoms with Crippen molar-refractivity contribution in [3.8, 4) is 0 Å². The van der Waals surface area contributed by atoms with Gasteiger partial charge in [0, 0.05) is 30.0 Å². The number of anilines is 4. The van der Waals surface area contributed by atoms with Crippen molar-refractivity contribution in [1.29, 1.82) is 0 Å². The molecule has 0 spiro atoms. The molecule has 0 saturated carbocycles. The Hall–Kier alpha value is -4.95. The van der Waals surface area contributed by atoms with Gasteiger partial charge in [-0.1, -0.05) is 23.7 Å². The Kier molecular flexibility index (Phi) is 10.1. The first-order valence-corrected chi connectivity index (χ1v) is 16.3. The van der Waals surface area contributed by atoms with Gasteiger partial charge in [-0.2, -0.15) is 13.2 Å². The van der Waals surface area contributed by atoms with Gasteiger partial charge in [0.15, 0.2) is 9.84 Å². The molecule has 3 aromatic carbocycles. The van der Waals surface area contributed by atoms with E-state index in [0.717, 1.165) is 31.2 Å². The minimum Gasteiger partial charge on any atom is -0.377 e. The van der Waals surface area contributed by atoms with E-state index in [2.05, 4.69) is 36.9 Å². The highest BCUT2D eigenvalue weighted by atomic mass is 35.5. The predicted molar refractivity (Wildman–Crippen MR) is 173 cm³/mol. The quantitative estimate of drug-likeness (QED) is 0.158.